The van der Waals surface area contributed by atoms with Crippen LogP contribution in [-0.4, -0.2) is 103 Å². The molecule has 2 rings (SSSR count). The molecule has 0 fully saturated rings. The Kier molecular flexibility index (Phi) is 21.1. The van der Waals surface area contributed by atoms with Crippen LogP contribution in [0.2, 0.25) is 36.3 Å². The van der Waals surface area contributed by atoms with E-state index in [9.17, 15) is 24.0 Å². The highest BCUT2D eigenvalue weighted by atomic mass is 28.4. The normalized spacial score (nSPS) is 15.0. The molecule has 64 heavy (non-hydrogen) atoms. The van der Waals surface area contributed by atoms with Crippen molar-refractivity contribution in [3.63, 3.8) is 0 Å². The zero-order chi connectivity index (χ0) is 49.8. The summed E-state index contributed by atoms with van der Waals surface area (Å²) in [4.78, 5) is 67.7. The van der Waals surface area contributed by atoms with Crippen LogP contribution in [0.25, 0.3) is 0 Å². The number of ketones is 2. The predicted octanol–water partition coefficient (Wildman–Crippen LogP) is 9.09. The van der Waals surface area contributed by atoms with Crippen molar-refractivity contribution < 1.29 is 51.8 Å². The maximum atomic E-state index is 13.6. The van der Waals surface area contributed by atoms with Gasteiger partial charge in [-0.25, -0.2) is 9.59 Å². The average Bonchev–Trinajstić information content (AvgIpc) is 3.21. The summed E-state index contributed by atoms with van der Waals surface area (Å²) >= 11 is 0. The lowest BCUT2D eigenvalue weighted by Crippen LogP contribution is -2.71. The van der Waals surface area contributed by atoms with Crippen LogP contribution in [0.15, 0.2) is 61.2 Å². The van der Waals surface area contributed by atoms with Crippen LogP contribution in [0.1, 0.15) is 94.2 Å². The molecule has 15 heteroatoms. The third kappa shape index (κ3) is 13.5. The number of nitrogens with one attached hydrogen (secondary N) is 1. The predicted molar refractivity (Wildman–Crippen MR) is 258 cm³/mol. The third-order valence-corrected chi connectivity index (χ3v) is 21.6. The number of hydrogen-bond donors (Lipinski definition) is 1. The molecule has 0 aliphatic carbocycles. The van der Waals surface area contributed by atoms with Crippen molar-refractivity contribution in [2.75, 3.05) is 28.4 Å². The molecule has 4 atom stereocenters. The van der Waals surface area contributed by atoms with E-state index in [0.29, 0.717) is 17.9 Å². The van der Waals surface area contributed by atoms with Gasteiger partial charge in [-0.3, -0.25) is 19.7 Å². The van der Waals surface area contributed by atoms with Gasteiger partial charge in [-0.05, 0) is 103 Å². The van der Waals surface area contributed by atoms with Crippen LogP contribution < -0.4 is 14.8 Å². The number of Topliss-reactive ketones (excluding diaryl/α,β-unsaturated/α-hetero) is 2. The molecule has 1 N–H and O–H groups in total. The summed E-state index contributed by atoms with van der Waals surface area (Å²) < 4.78 is 34.1. The molecule has 0 unspecified atom stereocenters. The maximum absolute atomic E-state index is 13.6. The summed E-state index contributed by atoms with van der Waals surface area (Å²) in [6.45, 7) is 35.3. The Hall–Kier alpha value is -4.16. The van der Waals surface area contributed by atoms with Gasteiger partial charge in [0.25, 0.3) is 0 Å². The highest BCUT2D eigenvalue weighted by Gasteiger charge is 2.61. The highest BCUT2D eigenvalue weighted by Crippen LogP contribution is 2.43. The number of ether oxygens (including phenoxy) is 4. The molecule has 0 radical (unpaired) electrons. The zero-order valence-corrected chi connectivity index (χ0v) is 44.6. The van der Waals surface area contributed by atoms with Crippen molar-refractivity contribution >= 4 is 46.0 Å². The van der Waals surface area contributed by atoms with Gasteiger partial charge in [0.2, 0.25) is 17.0 Å². The monoisotopic (exact) mass is 929 g/mol. The lowest BCUT2D eigenvalue weighted by Gasteiger charge is -2.49. The van der Waals surface area contributed by atoms with Crippen molar-refractivity contribution in [2.24, 2.45) is 11.8 Å². The zero-order valence-electron chi connectivity index (χ0n) is 42.6. The minimum Gasteiger partial charge on any atom is -0.497 e. The fourth-order valence-electron chi connectivity index (χ4n) is 6.79. The molecule has 13 nitrogen and oxygen atoms in total. The largest absolute Gasteiger partial charge is 0.497 e. The van der Waals surface area contributed by atoms with Gasteiger partial charge in [0.1, 0.15) is 11.5 Å². The Morgan fingerprint density at radius 2 is 1.03 bits per heavy atom. The van der Waals surface area contributed by atoms with Crippen LogP contribution in [0.3, 0.4) is 0 Å². The van der Waals surface area contributed by atoms with Crippen molar-refractivity contribution in [3.05, 3.63) is 72.3 Å². The second kappa shape index (κ2) is 23.3. The number of benzene rings is 2. The Morgan fingerprint density at radius 1 is 0.641 bits per heavy atom. The Bertz CT molecular complexity index is 1880. The molecule has 0 saturated carbocycles. The van der Waals surface area contributed by atoms with E-state index in [1.165, 1.54) is 33.0 Å². The number of rotatable bonds is 21. The fourth-order valence-corrected chi connectivity index (χ4v) is 9.66. The van der Waals surface area contributed by atoms with Gasteiger partial charge in [-0.15, -0.1) is 0 Å². The quantitative estimate of drug-likeness (QED) is 0.0550. The first kappa shape index (κ1) is 57.9. The smallest absolute Gasteiger partial charge is 0.342 e. The number of carbonyl (C=O) groups is 5. The molecule has 360 valence electrons. The van der Waals surface area contributed by atoms with Crippen molar-refractivity contribution in [2.45, 2.75) is 156 Å². The molecular formula is C49H80N2O11Si2. The number of nitrogens with zero attached hydrogens (tertiary/aromatic N) is 1. The Morgan fingerprint density at radius 3 is 1.34 bits per heavy atom. The summed E-state index contributed by atoms with van der Waals surface area (Å²) in [5.41, 5.74) is -1.97. The Labute approximate surface area is 386 Å². The SMILES string of the molecule is C=CC(=O)N(Cc1ccc(OC)cc1)[C@](C(C)=O)(C(=O)OC)[C@@H](O[Si](C)(C)C(C)(C)C)C(C)C.COC(=O)[C@](NCc1ccc(OC)cc1)(C(C)=O)[C@@H](O[Si](C)(C)C(C)(C)C)C(C)C. The van der Waals surface area contributed by atoms with E-state index >= 15 is 0 Å². The van der Waals surface area contributed by atoms with E-state index < -0.39 is 63.5 Å². The van der Waals surface area contributed by atoms with Crippen molar-refractivity contribution in [1.29, 1.82) is 0 Å². The molecule has 0 bridgehead atoms. The van der Waals surface area contributed by atoms with Gasteiger partial charge in [-0.2, -0.15) is 0 Å². The van der Waals surface area contributed by atoms with E-state index in [0.717, 1.165) is 17.4 Å². The molecule has 0 aromatic heterocycles. The summed E-state index contributed by atoms with van der Waals surface area (Å²) in [5, 5.41) is 2.96. The van der Waals surface area contributed by atoms with Gasteiger partial charge in [0, 0.05) is 13.1 Å². The van der Waals surface area contributed by atoms with Crippen molar-refractivity contribution in [1.82, 2.24) is 10.2 Å². The van der Waals surface area contributed by atoms with Crippen molar-refractivity contribution in [3.8, 4) is 11.5 Å². The molecule has 1 amide bonds. The standard InChI is InChI=1S/C26H41NO6Si.C23H39NO5Si/c1-12-22(29)27(17-20-13-15-21(31-8)16-14-20)26(19(4)28,24(30)32-9)23(18(2)3)33-34(10,11)25(5,6)7;1-16(2)20(29-30(9,10)22(4,5)6)23(17(3)25,21(26)28-8)24-15-18-11-13-19(27-7)14-12-18/h12-16,18,23H,1,17H2,2-11H3;11-14,16,20,24H,15H2,1-10H3/t23-,26-;20-,23-/m00/s1. The molecular weight excluding hydrogens is 849 g/mol. The Balaban J connectivity index is 0.000000645. The molecule has 2 aromatic carbocycles. The molecule has 0 heterocycles. The van der Waals surface area contributed by atoms with E-state index in [1.807, 2.05) is 65.1 Å². The fraction of sp³-hybridized carbons (Fsp3) is 0.612. The number of amides is 1. The molecule has 0 aliphatic heterocycles. The summed E-state index contributed by atoms with van der Waals surface area (Å²) in [5.74, 6) is -1.86. The minimum atomic E-state index is -2.48. The van der Waals surface area contributed by atoms with Gasteiger partial charge >= 0.3 is 11.9 Å². The molecule has 2 aromatic rings. The minimum absolute atomic E-state index is 0.0202. The van der Waals surface area contributed by atoms with Crippen LogP contribution >= 0.6 is 0 Å². The topological polar surface area (TPSA) is 156 Å². The van der Waals surface area contributed by atoms with Gasteiger partial charge < -0.3 is 32.7 Å². The highest BCUT2D eigenvalue weighted by molar-refractivity contribution is 6.74. The summed E-state index contributed by atoms with van der Waals surface area (Å²) in [6.07, 6.45) is -0.490. The lowest BCUT2D eigenvalue weighted by molar-refractivity contribution is -0.176. The van der Waals surface area contributed by atoms with Crippen LogP contribution in [-0.2, 0) is 55.4 Å². The van der Waals surface area contributed by atoms with Crippen LogP contribution in [0.5, 0.6) is 11.5 Å². The second-order valence-electron chi connectivity index (χ2n) is 19.9. The van der Waals surface area contributed by atoms with Gasteiger partial charge in [-0.1, -0.05) is 100 Å². The maximum Gasteiger partial charge on any atom is 0.342 e. The summed E-state index contributed by atoms with van der Waals surface area (Å²) in [6, 6.07) is 14.6. The number of carbonyl (C=O) groups excluding carboxylic acids is 5. The van der Waals surface area contributed by atoms with Crippen LogP contribution in [0, 0.1) is 11.8 Å². The summed E-state index contributed by atoms with van der Waals surface area (Å²) in [7, 11) is 0.927. The van der Waals surface area contributed by atoms with Gasteiger partial charge in [0.05, 0.1) is 40.6 Å². The molecule has 0 spiro atoms. The molecule has 0 saturated heterocycles. The number of esters is 2. The van der Waals surface area contributed by atoms with Crippen LogP contribution in [0.4, 0.5) is 0 Å². The van der Waals surface area contributed by atoms with E-state index in [-0.39, 0.29) is 34.2 Å². The first-order valence-corrected chi connectivity index (χ1v) is 27.6. The van der Waals surface area contributed by atoms with Gasteiger partial charge in [0.15, 0.2) is 28.2 Å². The third-order valence-electron chi connectivity index (χ3n) is 12.7. The van der Waals surface area contributed by atoms with E-state index in [1.54, 1.807) is 38.5 Å². The number of hydrogen-bond acceptors (Lipinski definition) is 12. The second-order valence-corrected chi connectivity index (χ2v) is 29.4. The molecule has 0 aliphatic rings. The lowest BCUT2D eigenvalue weighted by atomic mass is 9.80. The average molecular weight is 929 g/mol. The van der Waals surface area contributed by atoms with E-state index in [4.69, 9.17) is 27.8 Å². The van der Waals surface area contributed by atoms with E-state index in [2.05, 4.69) is 66.5 Å². The first-order valence-electron chi connectivity index (χ1n) is 21.8. The number of methoxy groups -OCH3 is 4. The first-order chi connectivity index (χ1) is 29.3.